The number of benzene rings is 1. The van der Waals surface area contributed by atoms with Crippen molar-refractivity contribution < 1.29 is 14.2 Å². The molecular weight excluding hydrogens is 204 g/mol. The molecule has 1 saturated heterocycles. The van der Waals surface area contributed by atoms with Gasteiger partial charge in [-0.2, -0.15) is 0 Å². The molecule has 1 aromatic rings. The molecule has 0 saturated carbocycles. The van der Waals surface area contributed by atoms with Gasteiger partial charge in [-0.25, -0.2) is 0 Å². The highest BCUT2D eigenvalue weighted by Crippen LogP contribution is 2.38. The third-order valence-electron chi connectivity index (χ3n) is 3.23. The maximum absolute atomic E-state index is 5.73. The quantitative estimate of drug-likeness (QED) is 0.727. The minimum absolute atomic E-state index is 0.290. The molecule has 1 fully saturated rings. The Kier molecular flexibility index (Phi) is 2.48. The lowest BCUT2D eigenvalue weighted by atomic mass is 10.1. The molecule has 3 nitrogen and oxygen atoms in total. The van der Waals surface area contributed by atoms with E-state index in [9.17, 15) is 0 Å². The van der Waals surface area contributed by atoms with Crippen molar-refractivity contribution in [3.63, 3.8) is 0 Å². The van der Waals surface area contributed by atoms with E-state index in [1.807, 2.05) is 6.07 Å². The highest BCUT2D eigenvalue weighted by Gasteiger charge is 2.25. The molecule has 1 atom stereocenters. The van der Waals surface area contributed by atoms with Crippen LogP contribution in [0.4, 0.5) is 0 Å². The molecule has 3 heteroatoms. The molecule has 0 N–H and O–H groups in total. The summed E-state index contributed by atoms with van der Waals surface area (Å²) in [6, 6.07) is 4.18. The Balaban J connectivity index is 1.85. The maximum atomic E-state index is 5.73. The van der Waals surface area contributed by atoms with Crippen molar-refractivity contribution in [3.8, 4) is 11.5 Å². The topological polar surface area (TPSA) is 31.0 Å². The molecule has 1 aliphatic heterocycles. The van der Waals surface area contributed by atoms with E-state index in [-0.39, 0.29) is 6.10 Å². The van der Waals surface area contributed by atoms with Gasteiger partial charge in [-0.1, -0.05) is 6.07 Å². The van der Waals surface area contributed by atoms with Gasteiger partial charge in [0.1, 0.15) is 12.7 Å². The average Bonchev–Trinajstić information content (AvgIpc) is 3.01. The van der Waals surface area contributed by atoms with Crippen molar-refractivity contribution in [2.75, 3.05) is 20.3 Å². The van der Waals surface area contributed by atoms with Crippen LogP contribution in [0.15, 0.2) is 12.1 Å². The van der Waals surface area contributed by atoms with Crippen molar-refractivity contribution in [3.05, 3.63) is 23.3 Å². The van der Waals surface area contributed by atoms with Crippen LogP contribution in [0.5, 0.6) is 11.5 Å². The second kappa shape index (κ2) is 3.98. The fourth-order valence-corrected chi connectivity index (χ4v) is 2.30. The Morgan fingerprint density at radius 1 is 1.38 bits per heavy atom. The third-order valence-corrected chi connectivity index (χ3v) is 3.23. The summed E-state index contributed by atoms with van der Waals surface area (Å²) in [4.78, 5) is 0. The van der Waals surface area contributed by atoms with E-state index in [0.717, 1.165) is 30.9 Å². The van der Waals surface area contributed by atoms with Gasteiger partial charge in [-0.3, -0.25) is 0 Å². The molecule has 1 aromatic carbocycles. The predicted molar refractivity (Wildman–Crippen MR) is 60.3 cm³/mol. The minimum Gasteiger partial charge on any atom is -0.493 e. The summed E-state index contributed by atoms with van der Waals surface area (Å²) in [6.45, 7) is 1.46. The van der Waals surface area contributed by atoms with E-state index in [0.29, 0.717) is 6.61 Å². The number of rotatable bonds is 4. The van der Waals surface area contributed by atoms with Crippen molar-refractivity contribution in [1.82, 2.24) is 0 Å². The Bertz CT molecular complexity index is 396. The largest absolute Gasteiger partial charge is 0.493 e. The molecule has 0 bridgehead atoms. The molecular formula is C13H16O3. The summed E-state index contributed by atoms with van der Waals surface area (Å²) >= 11 is 0. The molecule has 86 valence electrons. The van der Waals surface area contributed by atoms with Crippen LogP contribution in [0.1, 0.15) is 17.5 Å². The number of epoxide rings is 1. The van der Waals surface area contributed by atoms with Gasteiger partial charge in [0.05, 0.1) is 13.7 Å². The molecule has 3 rings (SSSR count). The van der Waals surface area contributed by atoms with Gasteiger partial charge >= 0.3 is 0 Å². The molecule has 1 unspecified atom stereocenters. The molecule has 2 aliphatic rings. The highest BCUT2D eigenvalue weighted by molar-refractivity contribution is 5.52. The maximum Gasteiger partial charge on any atom is 0.164 e. The zero-order valence-corrected chi connectivity index (χ0v) is 9.49. The van der Waals surface area contributed by atoms with Gasteiger partial charge < -0.3 is 14.2 Å². The van der Waals surface area contributed by atoms with E-state index in [4.69, 9.17) is 14.2 Å². The fourth-order valence-electron chi connectivity index (χ4n) is 2.30. The fraction of sp³-hybridized carbons (Fsp3) is 0.538. The molecule has 0 radical (unpaired) electrons. The van der Waals surface area contributed by atoms with Gasteiger partial charge in [-0.15, -0.1) is 0 Å². The van der Waals surface area contributed by atoms with E-state index in [1.54, 1.807) is 7.11 Å². The number of hydrogen-bond acceptors (Lipinski definition) is 3. The smallest absolute Gasteiger partial charge is 0.164 e. The monoisotopic (exact) mass is 220 g/mol. The van der Waals surface area contributed by atoms with E-state index in [1.165, 1.54) is 17.5 Å². The first kappa shape index (κ1) is 9.97. The third kappa shape index (κ3) is 1.76. The molecule has 16 heavy (non-hydrogen) atoms. The summed E-state index contributed by atoms with van der Waals surface area (Å²) < 4.78 is 16.3. The van der Waals surface area contributed by atoms with Crippen LogP contribution in [0.3, 0.4) is 0 Å². The average molecular weight is 220 g/mol. The van der Waals surface area contributed by atoms with Crippen molar-refractivity contribution in [2.45, 2.75) is 25.4 Å². The Labute approximate surface area is 95.3 Å². The van der Waals surface area contributed by atoms with Crippen LogP contribution in [-0.4, -0.2) is 26.4 Å². The lowest BCUT2D eigenvalue weighted by Gasteiger charge is -2.13. The van der Waals surface area contributed by atoms with E-state index >= 15 is 0 Å². The van der Waals surface area contributed by atoms with E-state index in [2.05, 4.69) is 6.07 Å². The number of ether oxygens (including phenoxy) is 3. The highest BCUT2D eigenvalue weighted by atomic mass is 16.6. The Morgan fingerprint density at radius 2 is 2.25 bits per heavy atom. The Morgan fingerprint density at radius 3 is 3.00 bits per heavy atom. The standard InChI is InChI=1S/C13H16O3/c1-14-13-11-4-2-3-9(11)5-6-12(13)16-8-10-7-15-10/h5-6,10H,2-4,7-8H2,1H3. The van der Waals surface area contributed by atoms with Crippen LogP contribution in [0.25, 0.3) is 0 Å². The summed E-state index contributed by atoms with van der Waals surface area (Å²) in [5, 5.41) is 0. The zero-order chi connectivity index (χ0) is 11.0. The van der Waals surface area contributed by atoms with Gasteiger partial charge in [-0.05, 0) is 30.9 Å². The van der Waals surface area contributed by atoms with E-state index < -0.39 is 0 Å². The van der Waals surface area contributed by atoms with Gasteiger partial charge in [0.15, 0.2) is 11.5 Å². The molecule has 1 aliphatic carbocycles. The van der Waals surface area contributed by atoms with Gasteiger partial charge in [0.25, 0.3) is 0 Å². The van der Waals surface area contributed by atoms with Crippen LogP contribution in [0, 0.1) is 0 Å². The lowest BCUT2D eigenvalue weighted by molar-refractivity contribution is 0.251. The SMILES string of the molecule is COc1c(OCC2CO2)ccc2c1CCC2. The van der Waals surface area contributed by atoms with Crippen LogP contribution in [0.2, 0.25) is 0 Å². The van der Waals surface area contributed by atoms with Crippen LogP contribution in [-0.2, 0) is 17.6 Å². The van der Waals surface area contributed by atoms with Crippen molar-refractivity contribution in [1.29, 1.82) is 0 Å². The number of fused-ring (bicyclic) bond motifs is 1. The predicted octanol–water partition coefficient (Wildman–Crippen LogP) is 1.96. The number of aryl methyl sites for hydroxylation is 1. The molecule has 0 spiro atoms. The Hall–Kier alpha value is -1.22. The number of methoxy groups -OCH3 is 1. The molecule has 1 heterocycles. The minimum atomic E-state index is 0.290. The van der Waals surface area contributed by atoms with Crippen molar-refractivity contribution in [2.24, 2.45) is 0 Å². The first-order chi connectivity index (χ1) is 7.88. The van der Waals surface area contributed by atoms with Crippen LogP contribution >= 0.6 is 0 Å². The van der Waals surface area contributed by atoms with Gasteiger partial charge in [0, 0.05) is 5.56 Å². The summed E-state index contributed by atoms with van der Waals surface area (Å²) in [6.07, 6.45) is 3.78. The number of hydrogen-bond donors (Lipinski definition) is 0. The van der Waals surface area contributed by atoms with Crippen LogP contribution < -0.4 is 9.47 Å². The first-order valence-corrected chi connectivity index (χ1v) is 5.81. The normalized spacial score (nSPS) is 21.7. The summed E-state index contributed by atoms with van der Waals surface area (Å²) in [5.41, 5.74) is 2.74. The summed E-state index contributed by atoms with van der Waals surface area (Å²) in [7, 11) is 1.72. The molecule has 0 amide bonds. The second-order valence-corrected chi connectivity index (χ2v) is 4.35. The lowest BCUT2D eigenvalue weighted by Crippen LogP contribution is -2.06. The first-order valence-electron chi connectivity index (χ1n) is 5.81. The second-order valence-electron chi connectivity index (χ2n) is 4.35. The molecule has 0 aromatic heterocycles. The summed E-state index contributed by atoms with van der Waals surface area (Å²) in [5.74, 6) is 1.79. The van der Waals surface area contributed by atoms with Gasteiger partial charge in [0.2, 0.25) is 0 Å². The zero-order valence-electron chi connectivity index (χ0n) is 9.49. The van der Waals surface area contributed by atoms with Crippen molar-refractivity contribution >= 4 is 0 Å².